The van der Waals surface area contributed by atoms with Crippen molar-refractivity contribution < 1.29 is 4.79 Å². The van der Waals surface area contributed by atoms with Gasteiger partial charge in [-0.25, -0.2) is 9.67 Å². The number of carbonyl (C=O) groups is 1. The first-order chi connectivity index (χ1) is 13.7. The molecule has 1 aliphatic rings. The summed E-state index contributed by atoms with van der Waals surface area (Å²) in [5.74, 6) is 0.204. The Morgan fingerprint density at radius 2 is 1.96 bits per heavy atom. The number of hydrogen-bond acceptors (Lipinski definition) is 5. The van der Waals surface area contributed by atoms with Crippen LogP contribution < -0.4 is 11.1 Å². The van der Waals surface area contributed by atoms with Crippen molar-refractivity contribution in [2.45, 2.75) is 12.5 Å². The largest absolute Gasteiger partial charge is 0.366 e. The molecule has 8 heteroatoms. The number of nitrogens with zero attached hydrogens (tertiary/aromatic N) is 4. The molecule has 140 valence electrons. The monoisotopic (exact) mass is 373 g/mol. The number of hydrogen-bond donors (Lipinski definition) is 3. The first-order valence-corrected chi connectivity index (χ1v) is 9.21. The quantitative estimate of drug-likeness (QED) is 0.507. The SMILES string of the molecule is NC(=O)c1cccc2[nH]c(-c3ccc(-c4cn(C5CCNC5)nn4)cc3)nc12. The van der Waals surface area contributed by atoms with Gasteiger partial charge in [-0.1, -0.05) is 35.5 Å². The standard InChI is InChI=1S/C20H19N7O/c21-19(28)15-2-1-3-16-18(15)24-20(23-16)13-6-4-12(5-7-13)17-11-27(26-25-17)14-8-9-22-10-14/h1-7,11,14,22H,8-10H2,(H2,21,28)(H,23,24). The highest BCUT2D eigenvalue weighted by Crippen LogP contribution is 2.26. The van der Waals surface area contributed by atoms with Gasteiger partial charge in [-0.15, -0.1) is 5.10 Å². The Balaban J connectivity index is 1.44. The fourth-order valence-electron chi connectivity index (χ4n) is 3.62. The topological polar surface area (TPSA) is 115 Å². The molecule has 1 amide bonds. The predicted octanol–water partition coefficient (Wildman–Crippen LogP) is 2.12. The number of nitrogens with one attached hydrogen (secondary N) is 2. The third-order valence-electron chi connectivity index (χ3n) is 5.15. The summed E-state index contributed by atoms with van der Waals surface area (Å²) in [5.41, 5.74) is 9.99. The summed E-state index contributed by atoms with van der Waals surface area (Å²) >= 11 is 0. The van der Waals surface area contributed by atoms with E-state index in [0.717, 1.165) is 41.8 Å². The van der Waals surface area contributed by atoms with Gasteiger partial charge in [0.25, 0.3) is 5.91 Å². The lowest BCUT2D eigenvalue weighted by Crippen LogP contribution is -2.13. The second-order valence-corrected chi connectivity index (χ2v) is 6.96. The number of imidazole rings is 1. The van der Waals surface area contributed by atoms with Crippen LogP contribution in [0.15, 0.2) is 48.7 Å². The van der Waals surface area contributed by atoms with E-state index in [1.165, 1.54) is 0 Å². The van der Waals surface area contributed by atoms with Gasteiger partial charge in [0.1, 0.15) is 17.0 Å². The smallest absolute Gasteiger partial charge is 0.250 e. The summed E-state index contributed by atoms with van der Waals surface area (Å²) in [6.45, 7) is 1.95. The van der Waals surface area contributed by atoms with Crippen LogP contribution in [0.2, 0.25) is 0 Å². The third kappa shape index (κ3) is 2.84. The van der Waals surface area contributed by atoms with E-state index >= 15 is 0 Å². The highest BCUT2D eigenvalue weighted by Gasteiger charge is 2.18. The molecule has 1 unspecified atom stereocenters. The molecule has 8 nitrogen and oxygen atoms in total. The number of amides is 1. The van der Waals surface area contributed by atoms with Crippen molar-refractivity contribution >= 4 is 16.9 Å². The first kappa shape index (κ1) is 16.6. The van der Waals surface area contributed by atoms with Crippen LogP contribution in [0.1, 0.15) is 22.8 Å². The van der Waals surface area contributed by atoms with Gasteiger partial charge in [-0.05, 0) is 25.1 Å². The van der Waals surface area contributed by atoms with Gasteiger partial charge in [0.15, 0.2) is 0 Å². The van der Waals surface area contributed by atoms with E-state index in [9.17, 15) is 4.79 Å². The van der Waals surface area contributed by atoms with Crippen LogP contribution in [0.5, 0.6) is 0 Å². The molecule has 1 fully saturated rings. The summed E-state index contributed by atoms with van der Waals surface area (Å²) in [6.07, 6.45) is 3.06. The molecule has 4 N–H and O–H groups in total. The predicted molar refractivity (Wildman–Crippen MR) is 106 cm³/mol. The maximum atomic E-state index is 11.6. The Labute approximate surface area is 160 Å². The van der Waals surface area contributed by atoms with E-state index in [1.54, 1.807) is 12.1 Å². The number of nitrogens with two attached hydrogens (primary N) is 1. The van der Waals surface area contributed by atoms with Gasteiger partial charge in [0.05, 0.1) is 23.3 Å². The van der Waals surface area contributed by atoms with E-state index in [1.807, 2.05) is 41.2 Å². The molecule has 0 aliphatic carbocycles. The highest BCUT2D eigenvalue weighted by molar-refractivity contribution is 6.04. The number of benzene rings is 2. The van der Waals surface area contributed by atoms with Crippen LogP contribution >= 0.6 is 0 Å². The molecule has 5 rings (SSSR count). The lowest BCUT2D eigenvalue weighted by atomic mass is 10.1. The molecule has 0 spiro atoms. The summed E-state index contributed by atoms with van der Waals surface area (Å²) in [4.78, 5) is 19.4. The summed E-state index contributed by atoms with van der Waals surface area (Å²) in [7, 11) is 0. The summed E-state index contributed by atoms with van der Waals surface area (Å²) in [5, 5.41) is 11.9. The molecule has 0 radical (unpaired) electrons. The average Bonchev–Trinajstić information content (AvgIpc) is 3.47. The Kier molecular flexibility index (Phi) is 3.91. The van der Waals surface area contributed by atoms with Gasteiger partial charge in [0, 0.05) is 17.7 Å². The number of primary amides is 1. The molecule has 3 heterocycles. The van der Waals surface area contributed by atoms with E-state index in [-0.39, 0.29) is 0 Å². The Morgan fingerprint density at radius 3 is 2.71 bits per heavy atom. The first-order valence-electron chi connectivity index (χ1n) is 9.21. The number of rotatable bonds is 4. The van der Waals surface area contributed by atoms with Gasteiger partial charge in [0.2, 0.25) is 0 Å². The lowest BCUT2D eigenvalue weighted by Gasteiger charge is -2.06. The van der Waals surface area contributed by atoms with Crippen LogP contribution in [-0.2, 0) is 0 Å². The van der Waals surface area contributed by atoms with Crippen molar-refractivity contribution in [1.82, 2.24) is 30.3 Å². The molecule has 4 aromatic rings. The van der Waals surface area contributed by atoms with Crippen LogP contribution in [0.4, 0.5) is 0 Å². The zero-order valence-electron chi connectivity index (χ0n) is 15.1. The van der Waals surface area contributed by atoms with E-state index in [2.05, 4.69) is 25.6 Å². The summed E-state index contributed by atoms with van der Waals surface area (Å²) in [6, 6.07) is 13.7. The lowest BCUT2D eigenvalue weighted by molar-refractivity contribution is 0.100. The van der Waals surface area contributed by atoms with Crippen LogP contribution in [0.25, 0.3) is 33.7 Å². The number of H-pyrrole nitrogens is 1. The van der Waals surface area contributed by atoms with Crippen molar-refractivity contribution in [3.8, 4) is 22.6 Å². The normalized spacial score (nSPS) is 16.6. The molecular formula is C20H19N7O. The maximum Gasteiger partial charge on any atom is 0.250 e. The molecule has 28 heavy (non-hydrogen) atoms. The van der Waals surface area contributed by atoms with Crippen LogP contribution in [-0.4, -0.2) is 44.0 Å². The Morgan fingerprint density at radius 1 is 1.14 bits per heavy atom. The van der Waals surface area contributed by atoms with Crippen molar-refractivity contribution in [1.29, 1.82) is 0 Å². The molecule has 1 atom stereocenters. The Hall–Kier alpha value is -3.52. The van der Waals surface area contributed by atoms with Gasteiger partial charge >= 0.3 is 0 Å². The van der Waals surface area contributed by atoms with Crippen molar-refractivity contribution in [3.05, 3.63) is 54.2 Å². The molecular weight excluding hydrogens is 354 g/mol. The zero-order chi connectivity index (χ0) is 19.1. The summed E-state index contributed by atoms with van der Waals surface area (Å²) < 4.78 is 1.94. The van der Waals surface area contributed by atoms with Gasteiger partial charge in [-0.2, -0.15) is 0 Å². The fraction of sp³-hybridized carbons (Fsp3) is 0.200. The minimum Gasteiger partial charge on any atom is -0.366 e. The molecule has 0 saturated carbocycles. The highest BCUT2D eigenvalue weighted by atomic mass is 16.1. The number of fused-ring (bicyclic) bond motifs is 1. The fourth-order valence-corrected chi connectivity index (χ4v) is 3.62. The second kappa shape index (κ2) is 6.58. The minimum absolute atomic E-state index is 0.371. The number of aromatic nitrogens is 5. The van der Waals surface area contributed by atoms with Crippen molar-refractivity contribution in [2.75, 3.05) is 13.1 Å². The molecule has 2 aromatic heterocycles. The van der Waals surface area contributed by atoms with Crippen LogP contribution in [0.3, 0.4) is 0 Å². The van der Waals surface area contributed by atoms with Crippen molar-refractivity contribution in [3.63, 3.8) is 0 Å². The number of aromatic amines is 1. The molecule has 2 aromatic carbocycles. The van der Waals surface area contributed by atoms with E-state index in [0.29, 0.717) is 22.9 Å². The molecule has 0 bridgehead atoms. The maximum absolute atomic E-state index is 11.6. The molecule has 1 aliphatic heterocycles. The number of carbonyl (C=O) groups excluding carboxylic acids is 1. The Bertz CT molecular complexity index is 1150. The number of para-hydroxylation sites is 1. The second-order valence-electron chi connectivity index (χ2n) is 6.96. The molecule has 1 saturated heterocycles. The van der Waals surface area contributed by atoms with Gasteiger partial charge < -0.3 is 16.0 Å². The average molecular weight is 373 g/mol. The zero-order valence-corrected chi connectivity index (χ0v) is 15.1. The third-order valence-corrected chi connectivity index (χ3v) is 5.15. The van der Waals surface area contributed by atoms with Gasteiger partial charge in [-0.3, -0.25) is 4.79 Å². The van der Waals surface area contributed by atoms with Crippen LogP contribution in [0, 0.1) is 0 Å². The van der Waals surface area contributed by atoms with E-state index < -0.39 is 5.91 Å². The minimum atomic E-state index is -0.487. The van der Waals surface area contributed by atoms with E-state index in [4.69, 9.17) is 5.73 Å². The van der Waals surface area contributed by atoms with Crippen molar-refractivity contribution in [2.24, 2.45) is 5.73 Å².